The number of esters is 1. The molecule has 5 rings (SSSR count). The molecule has 3 aromatic rings. The standard InChI is InChI=1S/C28H28N2O5/c1-3-33-26(31)28(15-16-28)23-12-10-21(11-13-23)20-6-8-22(9-7-20)25-24(18(2)30-35-25)29-27(32)34-17-14-19-4-5-19/h6-13,15-16,19H,3-5,14,17H2,1-2H3,(H,29,32). The molecular formula is C28H28N2O5. The number of nitrogens with one attached hydrogen (secondary N) is 1. The molecule has 1 saturated carbocycles. The fourth-order valence-corrected chi connectivity index (χ4v) is 4.11. The van der Waals surface area contributed by atoms with Crippen LogP contribution in [0.3, 0.4) is 0 Å². The van der Waals surface area contributed by atoms with Crippen molar-refractivity contribution < 1.29 is 23.6 Å². The highest BCUT2D eigenvalue weighted by molar-refractivity contribution is 5.94. The lowest BCUT2D eigenvalue weighted by molar-refractivity contribution is -0.145. The zero-order valence-corrected chi connectivity index (χ0v) is 19.9. The molecule has 2 aromatic carbocycles. The van der Waals surface area contributed by atoms with Gasteiger partial charge >= 0.3 is 12.1 Å². The number of aryl methyl sites for hydroxylation is 1. The van der Waals surface area contributed by atoms with Crippen molar-refractivity contribution in [3.8, 4) is 22.5 Å². The normalized spacial score (nSPS) is 15.5. The highest BCUT2D eigenvalue weighted by Gasteiger charge is 2.45. The minimum Gasteiger partial charge on any atom is -0.465 e. The first kappa shape index (κ1) is 22.9. The second kappa shape index (κ2) is 9.41. The monoisotopic (exact) mass is 472 g/mol. The van der Waals surface area contributed by atoms with Crippen molar-refractivity contribution in [2.75, 3.05) is 18.5 Å². The van der Waals surface area contributed by atoms with Crippen LogP contribution in [0.25, 0.3) is 22.5 Å². The Bertz CT molecular complexity index is 1250. The van der Waals surface area contributed by atoms with Crippen LogP contribution in [0.1, 0.15) is 37.4 Å². The molecule has 0 atom stereocenters. The minimum absolute atomic E-state index is 0.240. The van der Waals surface area contributed by atoms with Crippen LogP contribution in [-0.2, 0) is 19.7 Å². The first-order valence-corrected chi connectivity index (χ1v) is 12.0. The number of carbonyl (C=O) groups excluding carboxylic acids is 2. The Kier molecular flexibility index (Phi) is 6.16. The Balaban J connectivity index is 1.27. The van der Waals surface area contributed by atoms with Crippen LogP contribution in [0.15, 0.2) is 65.2 Å². The lowest BCUT2D eigenvalue weighted by Gasteiger charge is -2.15. The zero-order chi connectivity index (χ0) is 24.4. The Morgan fingerprint density at radius 2 is 1.63 bits per heavy atom. The molecule has 1 amide bonds. The third kappa shape index (κ3) is 4.85. The third-order valence-corrected chi connectivity index (χ3v) is 6.50. The topological polar surface area (TPSA) is 90.7 Å². The Morgan fingerprint density at radius 3 is 2.23 bits per heavy atom. The molecule has 0 bridgehead atoms. The highest BCUT2D eigenvalue weighted by atomic mass is 16.5. The highest BCUT2D eigenvalue weighted by Crippen LogP contribution is 2.41. The molecule has 180 valence electrons. The van der Waals surface area contributed by atoms with E-state index in [1.54, 1.807) is 6.92 Å². The Labute approximate surface area is 204 Å². The molecule has 7 heteroatoms. The van der Waals surface area contributed by atoms with Crippen LogP contribution in [0.2, 0.25) is 0 Å². The number of benzene rings is 2. The van der Waals surface area contributed by atoms with E-state index in [0.717, 1.165) is 28.7 Å². The van der Waals surface area contributed by atoms with Crippen molar-refractivity contribution >= 4 is 17.7 Å². The number of ether oxygens (including phenoxy) is 2. The maximum Gasteiger partial charge on any atom is 0.411 e. The van der Waals surface area contributed by atoms with E-state index < -0.39 is 11.5 Å². The number of amides is 1. The summed E-state index contributed by atoms with van der Waals surface area (Å²) in [5, 5.41) is 6.80. The molecule has 35 heavy (non-hydrogen) atoms. The van der Waals surface area contributed by atoms with Crippen molar-refractivity contribution in [1.82, 2.24) is 5.16 Å². The van der Waals surface area contributed by atoms with Gasteiger partial charge in [-0.15, -0.1) is 0 Å². The van der Waals surface area contributed by atoms with Gasteiger partial charge in [0, 0.05) is 5.56 Å². The van der Waals surface area contributed by atoms with Gasteiger partial charge in [-0.3, -0.25) is 10.1 Å². The second-order valence-corrected chi connectivity index (χ2v) is 9.04. The van der Waals surface area contributed by atoms with Gasteiger partial charge in [-0.1, -0.05) is 78.7 Å². The summed E-state index contributed by atoms with van der Waals surface area (Å²) in [4.78, 5) is 24.5. The molecule has 1 aromatic heterocycles. The van der Waals surface area contributed by atoms with E-state index in [1.807, 2.05) is 67.6 Å². The number of hydrogen-bond donors (Lipinski definition) is 1. The molecule has 7 nitrogen and oxygen atoms in total. The number of hydrogen-bond acceptors (Lipinski definition) is 6. The average Bonchev–Trinajstić information content (AvgIpc) is 3.80. The quantitative estimate of drug-likeness (QED) is 0.302. The summed E-state index contributed by atoms with van der Waals surface area (Å²) in [6.07, 6.45) is 6.59. The van der Waals surface area contributed by atoms with E-state index in [0.29, 0.717) is 36.3 Å². The summed E-state index contributed by atoms with van der Waals surface area (Å²) in [6, 6.07) is 15.7. The summed E-state index contributed by atoms with van der Waals surface area (Å²) < 4.78 is 16.0. The summed E-state index contributed by atoms with van der Waals surface area (Å²) in [7, 11) is 0. The maximum atomic E-state index is 12.3. The van der Waals surface area contributed by atoms with E-state index >= 15 is 0 Å². The third-order valence-electron chi connectivity index (χ3n) is 6.50. The van der Waals surface area contributed by atoms with Crippen LogP contribution in [0.4, 0.5) is 10.5 Å². The van der Waals surface area contributed by atoms with E-state index in [1.165, 1.54) is 12.8 Å². The second-order valence-electron chi connectivity index (χ2n) is 9.04. The zero-order valence-electron chi connectivity index (χ0n) is 19.9. The largest absolute Gasteiger partial charge is 0.465 e. The Hall–Kier alpha value is -3.87. The number of rotatable bonds is 9. The first-order valence-electron chi connectivity index (χ1n) is 12.0. The van der Waals surface area contributed by atoms with Gasteiger partial charge in [0.2, 0.25) is 0 Å². The fraction of sp³-hybridized carbons (Fsp3) is 0.321. The van der Waals surface area contributed by atoms with Gasteiger partial charge < -0.3 is 14.0 Å². The number of aromatic nitrogens is 1. The van der Waals surface area contributed by atoms with Crippen LogP contribution < -0.4 is 5.32 Å². The smallest absolute Gasteiger partial charge is 0.411 e. The molecule has 0 unspecified atom stereocenters. The molecule has 0 saturated heterocycles. The molecule has 1 fully saturated rings. The SMILES string of the molecule is CCOC(=O)C1(c2ccc(-c3ccc(-c4onc(C)c4NC(=O)OCCC4CC4)cc3)cc2)C=C1. The number of nitrogens with zero attached hydrogens (tertiary/aromatic N) is 1. The molecule has 1 heterocycles. The van der Waals surface area contributed by atoms with Gasteiger partial charge in [0.25, 0.3) is 0 Å². The van der Waals surface area contributed by atoms with Gasteiger partial charge in [-0.05, 0) is 42.9 Å². The van der Waals surface area contributed by atoms with E-state index in [-0.39, 0.29) is 5.97 Å². The van der Waals surface area contributed by atoms with Gasteiger partial charge in [0.05, 0.1) is 13.2 Å². The summed E-state index contributed by atoms with van der Waals surface area (Å²) in [5.41, 5.74) is 4.11. The van der Waals surface area contributed by atoms with Crippen LogP contribution >= 0.6 is 0 Å². The van der Waals surface area contributed by atoms with E-state index in [9.17, 15) is 9.59 Å². The molecular weight excluding hydrogens is 444 g/mol. The molecule has 0 spiro atoms. The van der Waals surface area contributed by atoms with Crippen molar-refractivity contribution in [3.63, 3.8) is 0 Å². The molecule has 0 radical (unpaired) electrons. The van der Waals surface area contributed by atoms with Crippen LogP contribution in [-0.4, -0.2) is 30.4 Å². The van der Waals surface area contributed by atoms with Gasteiger partial charge in [0.1, 0.15) is 16.8 Å². The van der Waals surface area contributed by atoms with Crippen molar-refractivity contribution in [2.24, 2.45) is 5.92 Å². The summed E-state index contributed by atoms with van der Waals surface area (Å²) >= 11 is 0. The molecule has 2 aliphatic rings. The van der Waals surface area contributed by atoms with Crippen molar-refractivity contribution in [3.05, 3.63) is 71.9 Å². The predicted octanol–water partition coefficient (Wildman–Crippen LogP) is 6.04. The van der Waals surface area contributed by atoms with Gasteiger partial charge in [-0.2, -0.15) is 0 Å². The van der Waals surface area contributed by atoms with E-state index in [2.05, 4.69) is 10.5 Å². The minimum atomic E-state index is -0.717. The van der Waals surface area contributed by atoms with Gasteiger partial charge in [0.15, 0.2) is 5.76 Å². The predicted molar refractivity (Wildman–Crippen MR) is 132 cm³/mol. The van der Waals surface area contributed by atoms with Gasteiger partial charge in [-0.25, -0.2) is 4.79 Å². The van der Waals surface area contributed by atoms with Crippen molar-refractivity contribution in [1.29, 1.82) is 0 Å². The van der Waals surface area contributed by atoms with Crippen LogP contribution in [0.5, 0.6) is 0 Å². The average molecular weight is 473 g/mol. The van der Waals surface area contributed by atoms with Crippen molar-refractivity contribution in [2.45, 2.75) is 38.5 Å². The summed E-state index contributed by atoms with van der Waals surface area (Å²) in [6.45, 7) is 4.36. The number of anilines is 1. The Morgan fingerprint density at radius 1 is 1.00 bits per heavy atom. The van der Waals surface area contributed by atoms with Crippen LogP contribution in [0, 0.1) is 12.8 Å². The fourth-order valence-electron chi connectivity index (χ4n) is 4.11. The summed E-state index contributed by atoms with van der Waals surface area (Å²) in [5.74, 6) is 0.949. The number of carbonyl (C=O) groups is 2. The van der Waals surface area contributed by atoms with E-state index in [4.69, 9.17) is 14.0 Å². The first-order chi connectivity index (χ1) is 17.0. The molecule has 0 aliphatic heterocycles. The molecule has 2 aliphatic carbocycles. The molecule has 1 N–H and O–H groups in total. The maximum absolute atomic E-state index is 12.3. The lowest BCUT2D eigenvalue weighted by Crippen LogP contribution is -2.24. The lowest BCUT2D eigenvalue weighted by atomic mass is 9.91.